The molecule has 2 aromatic rings. The highest BCUT2D eigenvalue weighted by Gasteiger charge is 2.10. The van der Waals surface area contributed by atoms with E-state index in [1.807, 2.05) is 31.3 Å². The van der Waals surface area contributed by atoms with Crippen molar-refractivity contribution in [2.45, 2.75) is 32.2 Å². The summed E-state index contributed by atoms with van der Waals surface area (Å²) in [5, 5.41) is 16.1. The second-order valence-corrected chi connectivity index (χ2v) is 4.80. The minimum absolute atomic E-state index is 0.470. The van der Waals surface area contributed by atoms with Crippen LogP contribution in [0.15, 0.2) is 36.5 Å². The van der Waals surface area contributed by atoms with E-state index in [-0.39, 0.29) is 0 Å². The van der Waals surface area contributed by atoms with Gasteiger partial charge in [0.05, 0.1) is 5.69 Å². The Morgan fingerprint density at radius 3 is 2.79 bits per heavy atom. The Morgan fingerprint density at radius 2 is 2.16 bits per heavy atom. The zero-order chi connectivity index (χ0) is 13.1. The van der Waals surface area contributed by atoms with Gasteiger partial charge in [-0.25, -0.2) is 4.68 Å². The number of hydrogen-bond donors (Lipinski definition) is 1. The van der Waals surface area contributed by atoms with Crippen molar-refractivity contribution in [1.82, 2.24) is 20.0 Å². The molecule has 0 aromatic carbocycles. The van der Waals surface area contributed by atoms with E-state index in [4.69, 9.17) is 0 Å². The van der Waals surface area contributed by atoms with E-state index in [9.17, 15) is 0 Å². The molecule has 98 valence electrons. The van der Waals surface area contributed by atoms with Crippen LogP contribution >= 0.6 is 0 Å². The van der Waals surface area contributed by atoms with Crippen molar-refractivity contribution in [3.63, 3.8) is 0 Å². The molecule has 1 atom stereocenters. The van der Waals surface area contributed by atoms with E-state index < -0.39 is 0 Å². The number of nitrogens with zero attached hydrogens (tertiary/aromatic N) is 4. The van der Waals surface area contributed by atoms with E-state index in [1.54, 1.807) is 4.68 Å². The highest BCUT2D eigenvalue weighted by Crippen LogP contribution is 2.15. The summed E-state index contributed by atoms with van der Waals surface area (Å²) in [4.78, 5) is 0. The molecule has 1 aliphatic carbocycles. The highest BCUT2D eigenvalue weighted by atomic mass is 15.3. The van der Waals surface area contributed by atoms with Gasteiger partial charge in [-0.2, -0.15) is 5.10 Å². The lowest BCUT2D eigenvalue weighted by atomic mass is 10.0. The molecule has 1 N–H and O–H groups in total. The van der Waals surface area contributed by atoms with Crippen LogP contribution in [0, 0.1) is 6.92 Å². The lowest BCUT2D eigenvalue weighted by molar-refractivity contribution is 0.640. The van der Waals surface area contributed by atoms with Gasteiger partial charge in [-0.15, -0.1) is 10.2 Å². The van der Waals surface area contributed by atoms with Gasteiger partial charge < -0.3 is 5.32 Å². The van der Waals surface area contributed by atoms with Gasteiger partial charge in [0.2, 0.25) is 0 Å². The maximum atomic E-state index is 4.31. The fourth-order valence-electron chi connectivity index (χ4n) is 2.20. The summed E-state index contributed by atoms with van der Waals surface area (Å²) in [6.45, 7) is 1.95. The van der Waals surface area contributed by atoms with Crippen LogP contribution in [0.5, 0.6) is 0 Å². The lowest BCUT2D eigenvalue weighted by Gasteiger charge is -2.19. The molecule has 0 saturated heterocycles. The number of allylic oxidation sites excluding steroid dienone is 1. The monoisotopic (exact) mass is 255 g/mol. The van der Waals surface area contributed by atoms with Crippen LogP contribution in [0.3, 0.4) is 0 Å². The molecular weight excluding hydrogens is 238 g/mol. The lowest BCUT2D eigenvalue weighted by Crippen LogP contribution is -2.21. The first-order valence-electron chi connectivity index (χ1n) is 6.59. The Labute approximate surface area is 112 Å². The summed E-state index contributed by atoms with van der Waals surface area (Å²) in [6, 6.07) is 6.30. The van der Waals surface area contributed by atoms with Crippen molar-refractivity contribution in [1.29, 1.82) is 0 Å². The van der Waals surface area contributed by atoms with Crippen molar-refractivity contribution in [3.05, 3.63) is 42.2 Å². The van der Waals surface area contributed by atoms with E-state index in [0.717, 1.165) is 36.6 Å². The van der Waals surface area contributed by atoms with Crippen LogP contribution in [0.4, 0.5) is 5.82 Å². The predicted octanol–water partition coefficient (Wildman–Crippen LogP) is 2.49. The van der Waals surface area contributed by atoms with Gasteiger partial charge in [0.25, 0.3) is 0 Å². The number of hydrogen-bond acceptors (Lipinski definition) is 4. The SMILES string of the molecule is Cc1ccn(-c2ccc(NC3CC=CCC3)nn2)n1. The Bertz CT molecular complexity index is 570. The number of anilines is 1. The molecule has 3 rings (SSSR count). The summed E-state index contributed by atoms with van der Waals surface area (Å²) >= 11 is 0. The topological polar surface area (TPSA) is 55.6 Å². The maximum absolute atomic E-state index is 4.31. The Morgan fingerprint density at radius 1 is 1.21 bits per heavy atom. The van der Waals surface area contributed by atoms with E-state index in [2.05, 4.69) is 32.8 Å². The van der Waals surface area contributed by atoms with Crippen LogP contribution < -0.4 is 5.32 Å². The first kappa shape index (κ1) is 11.9. The molecule has 0 aliphatic heterocycles. The summed E-state index contributed by atoms with van der Waals surface area (Å²) in [7, 11) is 0. The molecule has 0 fully saturated rings. The maximum Gasteiger partial charge on any atom is 0.175 e. The average Bonchev–Trinajstić information content (AvgIpc) is 2.87. The molecular formula is C14H17N5. The third-order valence-electron chi connectivity index (χ3n) is 3.23. The average molecular weight is 255 g/mol. The molecule has 1 unspecified atom stereocenters. The molecule has 2 aromatic heterocycles. The zero-order valence-electron chi connectivity index (χ0n) is 11.0. The fourth-order valence-corrected chi connectivity index (χ4v) is 2.20. The Balaban J connectivity index is 1.70. The molecule has 5 heteroatoms. The van der Waals surface area contributed by atoms with Gasteiger partial charge in [0.15, 0.2) is 5.82 Å². The fraction of sp³-hybridized carbons (Fsp3) is 0.357. The molecule has 19 heavy (non-hydrogen) atoms. The smallest absolute Gasteiger partial charge is 0.175 e. The minimum atomic E-state index is 0.470. The predicted molar refractivity (Wildman–Crippen MR) is 74.3 cm³/mol. The first-order valence-corrected chi connectivity index (χ1v) is 6.59. The zero-order valence-corrected chi connectivity index (χ0v) is 11.0. The van der Waals surface area contributed by atoms with Crippen molar-refractivity contribution in [3.8, 4) is 5.82 Å². The van der Waals surface area contributed by atoms with E-state index >= 15 is 0 Å². The summed E-state index contributed by atoms with van der Waals surface area (Å²) in [5.41, 5.74) is 0.970. The molecule has 0 saturated carbocycles. The first-order chi connectivity index (χ1) is 9.31. The highest BCUT2D eigenvalue weighted by molar-refractivity contribution is 5.37. The van der Waals surface area contributed by atoms with Gasteiger partial charge >= 0.3 is 0 Å². The molecule has 1 aliphatic rings. The second-order valence-electron chi connectivity index (χ2n) is 4.80. The summed E-state index contributed by atoms with van der Waals surface area (Å²) in [5.74, 6) is 1.56. The van der Waals surface area contributed by atoms with Crippen molar-refractivity contribution in [2.24, 2.45) is 0 Å². The molecule has 0 spiro atoms. The second kappa shape index (κ2) is 5.22. The number of aromatic nitrogens is 4. The standard InChI is InChI=1S/C14H17N5/c1-11-9-10-19(18-11)14-8-7-13(16-17-14)15-12-5-3-2-4-6-12/h2-3,7-10,12H,4-6H2,1H3,(H,15,16). The Hall–Kier alpha value is -2.17. The van der Waals surface area contributed by atoms with Crippen LogP contribution in [0.2, 0.25) is 0 Å². The van der Waals surface area contributed by atoms with Crippen molar-refractivity contribution < 1.29 is 0 Å². The molecule has 0 radical (unpaired) electrons. The van der Waals surface area contributed by atoms with Crippen molar-refractivity contribution >= 4 is 5.82 Å². The normalized spacial score (nSPS) is 18.5. The van der Waals surface area contributed by atoms with Crippen LogP contribution in [0.1, 0.15) is 25.0 Å². The van der Waals surface area contributed by atoms with Gasteiger partial charge in [0, 0.05) is 12.2 Å². The third-order valence-corrected chi connectivity index (χ3v) is 3.23. The van der Waals surface area contributed by atoms with E-state index in [1.165, 1.54) is 0 Å². The van der Waals surface area contributed by atoms with Gasteiger partial charge in [-0.05, 0) is 44.4 Å². The Kier molecular flexibility index (Phi) is 3.27. The number of rotatable bonds is 3. The third kappa shape index (κ3) is 2.81. The summed E-state index contributed by atoms with van der Waals surface area (Å²) < 4.78 is 1.73. The van der Waals surface area contributed by atoms with Crippen LogP contribution in [0.25, 0.3) is 5.82 Å². The summed E-state index contributed by atoms with van der Waals surface area (Å²) in [6.07, 6.45) is 9.68. The molecule has 2 heterocycles. The molecule has 5 nitrogen and oxygen atoms in total. The van der Waals surface area contributed by atoms with Crippen LogP contribution in [-0.2, 0) is 0 Å². The van der Waals surface area contributed by atoms with Gasteiger partial charge in [0.1, 0.15) is 5.82 Å². The van der Waals surface area contributed by atoms with Gasteiger partial charge in [-0.3, -0.25) is 0 Å². The van der Waals surface area contributed by atoms with Gasteiger partial charge in [-0.1, -0.05) is 12.2 Å². The molecule has 0 bridgehead atoms. The number of nitrogens with one attached hydrogen (secondary N) is 1. The minimum Gasteiger partial charge on any atom is -0.366 e. The number of aryl methyl sites for hydroxylation is 1. The largest absolute Gasteiger partial charge is 0.366 e. The quantitative estimate of drug-likeness (QED) is 0.856. The van der Waals surface area contributed by atoms with E-state index in [0.29, 0.717) is 6.04 Å². The molecule has 0 amide bonds. The van der Waals surface area contributed by atoms with Crippen molar-refractivity contribution in [2.75, 3.05) is 5.32 Å². The van der Waals surface area contributed by atoms with Crippen LogP contribution in [-0.4, -0.2) is 26.0 Å².